The molecular formula is C7H18N2O. The van der Waals surface area contributed by atoms with Crippen LogP contribution in [0.25, 0.3) is 0 Å². The molecule has 0 spiro atoms. The van der Waals surface area contributed by atoms with Crippen molar-refractivity contribution in [3.05, 3.63) is 5.21 Å². The molecule has 1 unspecified atom stereocenters. The van der Waals surface area contributed by atoms with Gasteiger partial charge in [-0.05, 0) is 27.3 Å². The third kappa shape index (κ3) is 2.64. The van der Waals surface area contributed by atoms with Gasteiger partial charge in [0.2, 0.25) is 0 Å². The lowest BCUT2D eigenvalue weighted by molar-refractivity contribution is -0.899. The summed E-state index contributed by atoms with van der Waals surface area (Å²) in [5.74, 6) is 0. The van der Waals surface area contributed by atoms with Gasteiger partial charge in [-0.3, -0.25) is 0 Å². The van der Waals surface area contributed by atoms with Gasteiger partial charge in [0.1, 0.15) is 0 Å². The molecule has 1 atom stereocenters. The number of hydroxylamine groups is 2. The SMILES string of the molecule is CC[NH+]([O-])C(C)(C)CCN. The van der Waals surface area contributed by atoms with Crippen LogP contribution in [0.5, 0.6) is 0 Å². The van der Waals surface area contributed by atoms with E-state index < -0.39 is 0 Å². The average Bonchev–Trinajstić information content (AvgIpc) is 1.86. The first-order chi connectivity index (χ1) is 4.54. The average molecular weight is 146 g/mol. The Kier molecular flexibility index (Phi) is 3.86. The molecule has 0 saturated carbocycles. The van der Waals surface area contributed by atoms with Crippen molar-refractivity contribution in [3.63, 3.8) is 0 Å². The van der Waals surface area contributed by atoms with Crippen molar-refractivity contribution in [2.75, 3.05) is 13.1 Å². The molecule has 0 rings (SSSR count). The van der Waals surface area contributed by atoms with Gasteiger partial charge in [-0.2, -0.15) is 0 Å². The van der Waals surface area contributed by atoms with Crippen LogP contribution in [0.1, 0.15) is 27.2 Å². The van der Waals surface area contributed by atoms with Crippen molar-refractivity contribution < 1.29 is 5.06 Å². The highest BCUT2D eigenvalue weighted by Crippen LogP contribution is 2.00. The maximum absolute atomic E-state index is 11.2. The summed E-state index contributed by atoms with van der Waals surface area (Å²) >= 11 is 0. The highest BCUT2D eigenvalue weighted by atomic mass is 16.5. The van der Waals surface area contributed by atoms with E-state index in [0.717, 1.165) is 6.42 Å². The number of hydrogen-bond acceptors (Lipinski definition) is 2. The monoisotopic (exact) mass is 146 g/mol. The van der Waals surface area contributed by atoms with Crippen molar-refractivity contribution in [2.45, 2.75) is 32.7 Å². The maximum atomic E-state index is 11.2. The van der Waals surface area contributed by atoms with Gasteiger partial charge in [-0.25, -0.2) is 0 Å². The Bertz CT molecular complexity index is 93.6. The van der Waals surface area contributed by atoms with Crippen LogP contribution in [0.3, 0.4) is 0 Å². The van der Waals surface area contributed by atoms with E-state index in [4.69, 9.17) is 5.73 Å². The Hall–Kier alpha value is -0.120. The lowest BCUT2D eigenvalue weighted by atomic mass is 10.0. The smallest absolute Gasteiger partial charge is 0.0929 e. The van der Waals surface area contributed by atoms with Gasteiger partial charge >= 0.3 is 0 Å². The molecule has 0 aromatic carbocycles. The van der Waals surface area contributed by atoms with Gasteiger partial charge in [-0.15, -0.1) is 0 Å². The molecule has 0 aliphatic rings. The van der Waals surface area contributed by atoms with Crippen molar-refractivity contribution in [3.8, 4) is 0 Å². The zero-order valence-electron chi connectivity index (χ0n) is 7.11. The Morgan fingerprint density at radius 2 is 2.00 bits per heavy atom. The molecule has 3 N–H and O–H groups in total. The molecule has 0 bridgehead atoms. The highest BCUT2D eigenvalue weighted by Gasteiger charge is 2.22. The van der Waals surface area contributed by atoms with Gasteiger partial charge in [0, 0.05) is 6.42 Å². The second-order valence-corrected chi connectivity index (χ2v) is 3.20. The fourth-order valence-corrected chi connectivity index (χ4v) is 0.979. The van der Waals surface area contributed by atoms with Crippen LogP contribution < -0.4 is 10.8 Å². The van der Waals surface area contributed by atoms with Crippen molar-refractivity contribution in [1.29, 1.82) is 0 Å². The number of nitrogens with one attached hydrogen (secondary N) is 1. The summed E-state index contributed by atoms with van der Waals surface area (Å²) in [4.78, 5) is 0. The van der Waals surface area contributed by atoms with Crippen molar-refractivity contribution >= 4 is 0 Å². The molecule has 3 heteroatoms. The van der Waals surface area contributed by atoms with Gasteiger partial charge in [-0.1, -0.05) is 0 Å². The molecule has 0 amide bonds. The molecule has 0 aliphatic carbocycles. The van der Waals surface area contributed by atoms with E-state index in [2.05, 4.69) is 0 Å². The summed E-state index contributed by atoms with van der Waals surface area (Å²) in [5.41, 5.74) is 5.15. The predicted octanol–water partition coefficient (Wildman–Crippen LogP) is -0.484. The van der Waals surface area contributed by atoms with Crippen LogP contribution in [-0.4, -0.2) is 18.6 Å². The summed E-state index contributed by atoms with van der Waals surface area (Å²) in [5, 5.41) is 11.5. The molecule has 0 aromatic rings. The van der Waals surface area contributed by atoms with E-state index in [0.29, 0.717) is 18.2 Å². The first kappa shape index (κ1) is 9.88. The zero-order valence-corrected chi connectivity index (χ0v) is 7.11. The van der Waals surface area contributed by atoms with Crippen molar-refractivity contribution in [1.82, 2.24) is 0 Å². The molecule has 62 valence electrons. The Labute approximate surface area is 62.8 Å². The van der Waals surface area contributed by atoms with Gasteiger partial charge < -0.3 is 16.0 Å². The highest BCUT2D eigenvalue weighted by molar-refractivity contribution is 4.66. The lowest BCUT2D eigenvalue weighted by Crippen LogP contribution is -3.15. The fraction of sp³-hybridized carbons (Fsp3) is 1.00. The van der Waals surface area contributed by atoms with E-state index in [9.17, 15) is 5.21 Å². The molecule has 0 fully saturated rings. The van der Waals surface area contributed by atoms with E-state index in [1.54, 1.807) is 0 Å². The molecule has 0 radical (unpaired) electrons. The quantitative estimate of drug-likeness (QED) is 0.526. The van der Waals surface area contributed by atoms with Gasteiger partial charge in [0.15, 0.2) is 0 Å². The van der Waals surface area contributed by atoms with E-state index in [-0.39, 0.29) is 5.54 Å². The van der Waals surface area contributed by atoms with Crippen LogP contribution in [0.4, 0.5) is 0 Å². The van der Waals surface area contributed by atoms with E-state index in [1.807, 2.05) is 20.8 Å². The number of nitrogens with two attached hydrogens (primary N) is 1. The Morgan fingerprint density at radius 3 is 2.30 bits per heavy atom. The molecule has 0 heterocycles. The van der Waals surface area contributed by atoms with E-state index in [1.165, 1.54) is 0 Å². The Balaban J connectivity index is 3.82. The number of quaternary nitrogens is 1. The second-order valence-electron chi connectivity index (χ2n) is 3.20. The minimum Gasteiger partial charge on any atom is -0.634 e. The van der Waals surface area contributed by atoms with Crippen molar-refractivity contribution in [2.24, 2.45) is 5.73 Å². The minimum atomic E-state index is -0.205. The topological polar surface area (TPSA) is 53.5 Å². The summed E-state index contributed by atoms with van der Waals surface area (Å²) in [7, 11) is 0. The van der Waals surface area contributed by atoms with Gasteiger partial charge in [0.25, 0.3) is 0 Å². The lowest BCUT2D eigenvalue weighted by Gasteiger charge is -2.37. The summed E-state index contributed by atoms with van der Waals surface area (Å²) in [6.45, 7) is 7.00. The molecule has 0 aliphatic heterocycles. The van der Waals surface area contributed by atoms with Crippen LogP contribution in [-0.2, 0) is 0 Å². The fourth-order valence-electron chi connectivity index (χ4n) is 0.979. The largest absolute Gasteiger partial charge is 0.634 e. The summed E-state index contributed by atoms with van der Waals surface area (Å²) < 4.78 is 0. The standard InChI is InChI=1S/C7H18N2O/c1-4-9(10)7(2,3)5-6-8/h9H,4-6,8H2,1-3H3. The van der Waals surface area contributed by atoms with Crippen LogP contribution in [0, 0.1) is 5.21 Å². The molecule has 0 saturated heterocycles. The normalized spacial score (nSPS) is 15.3. The Morgan fingerprint density at radius 1 is 1.50 bits per heavy atom. The molecule has 0 aromatic heterocycles. The predicted molar refractivity (Wildman–Crippen MR) is 42.6 cm³/mol. The van der Waals surface area contributed by atoms with Gasteiger partial charge in [0.05, 0.1) is 12.1 Å². The first-order valence-electron chi connectivity index (χ1n) is 3.78. The molecule has 10 heavy (non-hydrogen) atoms. The van der Waals surface area contributed by atoms with Crippen LogP contribution in [0.15, 0.2) is 0 Å². The third-order valence-electron chi connectivity index (χ3n) is 1.85. The van der Waals surface area contributed by atoms with Crippen LogP contribution >= 0.6 is 0 Å². The summed E-state index contributed by atoms with van der Waals surface area (Å²) in [6.07, 6.45) is 0.791. The molecule has 3 nitrogen and oxygen atoms in total. The zero-order chi connectivity index (χ0) is 8.20. The van der Waals surface area contributed by atoms with E-state index >= 15 is 0 Å². The van der Waals surface area contributed by atoms with Crippen LogP contribution in [0.2, 0.25) is 0 Å². The molecular weight excluding hydrogens is 128 g/mol. The number of rotatable bonds is 4. The minimum absolute atomic E-state index is 0.205. The number of hydrogen-bond donors (Lipinski definition) is 2. The summed E-state index contributed by atoms with van der Waals surface area (Å²) in [6, 6.07) is 0. The maximum Gasteiger partial charge on any atom is 0.0929 e. The first-order valence-corrected chi connectivity index (χ1v) is 3.78. The second kappa shape index (κ2) is 3.91. The third-order valence-corrected chi connectivity index (χ3v) is 1.85.